The molecule has 9 heteroatoms. The number of carbonyl (C=O) groups excluding carboxylic acids is 1. The molecule has 1 aromatic rings. The molecule has 5 aliphatic carbocycles. The van der Waals surface area contributed by atoms with Crippen LogP contribution in [0.4, 0.5) is 0 Å². The fraction of sp³-hybridized carbons (Fsp3) is 0.850. The van der Waals surface area contributed by atoms with E-state index < -0.39 is 30.2 Å². The summed E-state index contributed by atoms with van der Waals surface area (Å²) in [5.41, 5.74) is -0.567. The number of nitrogens with zero attached hydrogens (tertiary/aromatic N) is 2. The second kappa shape index (κ2) is 11.2. The van der Waals surface area contributed by atoms with Gasteiger partial charge in [0.15, 0.2) is 6.29 Å². The highest BCUT2D eigenvalue weighted by Gasteiger charge is 2.84. The molecule has 8 rings (SSSR count). The quantitative estimate of drug-likeness (QED) is 0.388. The smallest absolute Gasteiger partial charge is 0.255 e. The lowest BCUT2D eigenvalue weighted by atomic mass is 9.41. The lowest BCUT2D eigenvalue weighted by Crippen LogP contribution is -2.60. The fourth-order valence-electron chi connectivity index (χ4n) is 14.0. The van der Waals surface area contributed by atoms with Crippen LogP contribution in [-0.2, 0) is 14.2 Å². The Morgan fingerprint density at radius 3 is 2.55 bits per heavy atom. The summed E-state index contributed by atoms with van der Waals surface area (Å²) in [7, 11) is 0. The second-order valence-corrected chi connectivity index (χ2v) is 19.1. The number of amides is 1. The first kappa shape index (κ1) is 34.5. The van der Waals surface area contributed by atoms with Gasteiger partial charge in [-0.25, -0.2) is 0 Å². The largest absolute Gasteiger partial charge is 0.390 e. The highest BCUT2D eigenvalue weighted by Crippen LogP contribution is 2.89. The molecular weight excluding hydrogens is 620 g/mol. The third kappa shape index (κ3) is 4.64. The maximum atomic E-state index is 13.2. The number of aliphatic hydroxyl groups is 3. The van der Waals surface area contributed by atoms with E-state index in [2.05, 4.69) is 39.6 Å². The highest BCUT2D eigenvalue weighted by atomic mass is 16.7. The predicted molar refractivity (Wildman–Crippen MR) is 183 cm³/mol. The molecule has 14 atom stereocenters. The van der Waals surface area contributed by atoms with Gasteiger partial charge in [0, 0.05) is 24.4 Å². The van der Waals surface area contributed by atoms with Gasteiger partial charge in [0.05, 0.1) is 48.7 Å². The van der Waals surface area contributed by atoms with E-state index in [9.17, 15) is 20.1 Å². The van der Waals surface area contributed by atoms with Gasteiger partial charge in [0.2, 0.25) is 0 Å². The molecule has 49 heavy (non-hydrogen) atoms. The van der Waals surface area contributed by atoms with Gasteiger partial charge in [-0.15, -0.1) is 0 Å². The summed E-state index contributed by atoms with van der Waals surface area (Å²) in [6.07, 6.45) is 9.07. The molecule has 0 radical (unpaired) electrons. The number of pyridine rings is 1. The maximum absolute atomic E-state index is 13.2. The van der Waals surface area contributed by atoms with Crippen LogP contribution < -0.4 is 0 Å². The number of rotatable bonds is 5. The first-order valence-corrected chi connectivity index (χ1v) is 19.2. The standard InChI is InChI=1S/C40H60N2O7/c1-23-19-25(32(43)36(4,5)46)48-31-30(23)37(6)14-15-40-22-39(40)13-12-28(35(2,3)26(39)10-11-27(40)38(37,7)33(31)44)49-29-21-42(17-18-47-29)34(45)24-9-8-16-41-20-24/h8-9,16,20,23,25-33,43-44,46H,10-15,17-19,21-22H2,1-7H3/t23-,25-,26+,27+,28?,29?,30?,31+,32?,33+,37-,38-,39?,40+/m1/s1. The van der Waals surface area contributed by atoms with Gasteiger partial charge in [0.25, 0.3) is 5.91 Å². The van der Waals surface area contributed by atoms with Crippen LogP contribution in [0.5, 0.6) is 0 Å². The first-order chi connectivity index (χ1) is 23.0. The number of hydrogen-bond donors (Lipinski definition) is 3. The molecule has 1 aromatic heterocycles. The van der Waals surface area contributed by atoms with Gasteiger partial charge in [-0.3, -0.25) is 9.78 Å². The Kier molecular flexibility index (Phi) is 7.87. The van der Waals surface area contributed by atoms with Crippen molar-refractivity contribution in [2.45, 2.75) is 142 Å². The Morgan fingerprint density at radius 2 is 1.84 bits per heavy atom. The van der Waals surface area contributed by atoms with E-state index in [1.165, 1.54) is 12.8 Å². The van der Waals surface area contributed by atoms with E-state index in [0.717, 1.165) is 32.1 Å². The Hall–Kier alpha value is -1.62. The van der Waals surface area contributed by atoms with Crippen molar-refractivity contribution >= 4 is 5.91 Å². The van der Waals surface area contributed by atoms with E-state index in [1.54, 1.807) is 32.3 Å². The van der Waals surface area contributed by atoms with Crippen molar-refractivity contribution in [2.75, 3.05) is 19.7 Å². The Morgan fingerprint density at radius 1 is 1.10 bits per heavy atom. The monoisotopic (exact) mass is 680 g/mol. The summed E-state index contributed by atoms with van der Waals surface area (Å²) < 4.78 is 19.6. The van der Waals surface area contributed by atoms with Crippen LogP contribution in [0, 0.1) is 50.7 Å². The first-order valence-electron chi connectivity index (χ1n) is 19.2. The van der Waals surface area contributed by atoms with Crippen LogP contribution in [0.15, 0.2) is 24.5 Å². The van der Waals surface area contributed by atoms with Gasteiger partial charge in [0.1, 0.15) is 6.10 Å². The van der Waals surface area contributed by atoms with Crippen molar-refractivity contribution < 1.29 is 34.3 Å². The van der Waals surface area contributed by atoms with Crippen LogP contribution >= 0.6 is 0 Å². The number of carbonyl (C=O) groups is 1. The third-order valence-corrected chi connectivity index (χ3v) is 16.4. The second-order valence-electron chi connectivity index (χ2n) is 19.1. The van der Waals surface area contributed by atoms with Crippen molar-refractivity contribution in [3.05, 3.63) is 30.1 Å². The molecule has 5 unspecified atom stereocenters. The average Bonchev–Trinajstić information content (AvgIpc) is 3.70. The number of aromatic nitrogens is 1. The summed E-state index contributed by atoms with van der Waals surface area (Å²) >= 11 is 0. The number of aliphatic hydroxyl groups excluding tert-OH is 2. The molecule has 7 aliphatic rings. The van der Waals surface area contributed by atoms with Crippen LogP contribution in [0.3, 0.4) is 0 Å². The zero-order chi connectivity index (χ0) is 34.9. The molecule has 2 aliphatic heterocycles. The summed E-state index contributed by atoms with van der Waals surface area (Å²) in [4.78, 5) is 19.2. The topological polar surface area (TPSA) is 122 Å². The molecule has 272 valence electrons. The molecule has 3 N–H and O–H groups in total. The van der Waals surface area contributed by atoms with Crippen LogP contribution in [-0.4, -0.2) is 93.2 Å². The van der Waals surface area contributed by atoms with E-state index in [1.807, 2.05) is 11.0 Å². The van der Waals surface area contributed by atoms with Gasteiger partial charge < -0.3 is 34.4 Å². The molecule has 2 spiro atoms. The van der Waals surface area contributed by atoms with E-state index >= 15 is 0 Å². The minimum atomic E-state index is -1.26. The lowest BCUT2D eigenvalue weighted by Gasteiger charge is -2.64. The van der Waals surface area contributed by atoms with Crippen LogP contribution in [0.2, 0.25) is 0 Å². The number of hydrogen-bond acceptors (Lipinski definition) is 8. The Bertz CT molecular complexity index is 1450. The van der Waals surface area contributed by atoms with Crippen molar-refractivity contribution in [3.63, 3.8) is 0 Å². The SMILES string of the molecule is C[C@@H]1C[C@H](C(O)C(C)(C)O)O[C@H]2C1[C@@]1(C)CC[C@@]34CC35CCC(OC3CN(C(=O)c6cccnc6)CCO3)C(C)(C)[C@@H]5CC[C@H]4[C@]1(C)[C@H]2O. The van der Waals surface area contributed by atoms with Gasteiger partial charge in [-0.2, -0.15) is 0 Å². The van der Waals surface area contributed by atoms with Crippen molar-refractivity contribution in [3.8, 4) is 0 Å². The zero-order valence-electron chi connectivity index (χ0n) is 30.7. The minimum Gasteiger partial charge on any atom is -0.390 e. The van der Waals surface area contributed by atoms with E-state index in [-0.39, 0.29) is 57.0 Å². The van der Waals surface area contributed by atoms with Crippen LogP contribution in [0.1, 0.15) is 110 Å². The van der Waals surface area contributed by atoms with Gasteiger partial charge in [-0.1, -0.05) is 34.6 Å². The molecule has 0 bridgehead atoms. The fourth-order valence-corrected chi connectivity index (χ4v) is 14.0. The van der Waals surface area contributed by atoms with E-state index in [4.69, 9.17) is 14.2 Å². The highest BCUT2D eigenvalue weighted by molar-refractivity contribution is 5.93. The van der Waals surface area contributed by atoms with Crippen molar-refractivity contribution in [2.24, 2.45) is 50.7 Å². The lowest BCUT2D eigenvalue weighted by molar-refractivity contribution is -0.245. The molecule has 3 heterocycles. The molecule has 0 aromatic carbocycles. The molecule has 2 saturated heterocycles. The average molecular weight is 681 g/mol. The molecule has 9 nitrogen and oxygen atoms in total. The normalized spacial score (nSPS) is 49.1. The van der Waals surface area contributed by atoms with Crippen molar-refractivity contribution in [1.29, 1.82) is 0 Å². The zero-order valence-corrected chi connectivity index (χ0v) is 30.7. The van der Waals surface area contributed by atoms with E-state index in [0.29, 0.717) is 43.5 Å². The minimum absolute atomic E-state index is 0.0273. The van der Waals surface area contributed by atoms with Crippen LogP contribution in [0.25, 0.3) is 0 Å². The molecule has 5 saturated carbocycles. The Labute approximate surface area is 292 Å². The predicted octanol–water partition coefficient (Wildman–Crippen LogP) is 5.21. The Balaban J connectivity index is 1.00. The number of morpholine rings is 1. The summed E-state index contributed by atoms with van der Waals surface area (Å²) in [5.74, 6) is 1.43. The molecule has 7 fully saturated rings. The summed E-state index contributed by atoms with van der Waals surface area (Å²) in [6, 6.07) is 3.61. The summed E-state index contributed by atoms with van der Waals surface area (Å²) in [5, 5.41) is 34.2. The molecule has 1 amide bonds. The number of fused-ring (bicyclic) bond motifs is 4. The molecular formula is C40H60N2O7. The third-order valence-electron chi connectivity index (χ3n) is 16.4. The van der Waals surface area contributed by atoms with Crippen molar-refractivity contribution in [1.82, 2.24) is 9.88 Å². The van der Waals surface area contributed by atoms with Gasteiger partial charge in [-0.05, 0) is 123 Å². The number of ether oxygens (including phenoxy) is 3. The maximum Gasteiger partial charge on any atom is 0.255 e. The van der Waals surface area contributed by atoms with Gasteiger partial charge >= 0.3 is 0 Å². The summed E-state index contributed by atoms with van der Waals surface area (Å²) in [6.45, 7) is 16.7.